The summed E-state index contributed by atoms with van der Waals surface area (Å²) in [6.07, 6.45) is 1.04. The Morgan fingerprint density at radius 1 is 1.15 bits per heavy atom. The summed E-state index contributed by atoms with van der Waals surface area (Å²) in [7, 11) is -3.53. The van der Waals surface area contributed by atoms with Crippen molar-refractivity contribution in [1.82, 2.24) is 9.46 Å². The molecule has 2 unspecified atom stereocenters. The number of aryl methyl sites for hydroxylation is 2. The Bertz CT molecular complexity index is 905. The average Bonchev–Trinajstić information content (AvgIpc) is 2.93. The molecule has 0 spiro atoms. The van der Waals surface area contributed by atoms with E-state index in [0.29, 0.717) is 47.6 Å². The van der Waals surface area contributed by atoms with Crippen LogP contribution in [0.2, 0.25) is 0 Å². The molecule has 1 N–H and O–H groups in total. The molecule has 1 amide bonds. The normalized spacial score (nSPS) is 21.2. The molecule has 1 aliphatic rings. The maximum atomic E-state index is 12.9. The standard InChI is InChI=1S/C19H25N3O4S/c1-12-9-13(2)11-22(10-12)27(24,25)17-7-5-16(6-8-17)20-19(23)18-14(3)21-26-15(18)4/h5-8,12-13H,9-11H2,1-4H3,(H,20,23). The summed E-state index contributed by atoms with van der Waals surface area (Å²) < 4.78 is 32.4. The molecule has 0 bridgehead atoms. The van der Waals surface area contributed by atoms with Gasteiger partial charge in [-0.1, -0.05) is 19.0 Å². The number of rotatable bonds is 4. The summed E-state index contributed by atoms with van der Waals surface area (Å²) in [5, 5.41) is 6.52. The van der Waals surface area contributed by atoms with Gasteiger partial charge >= 0.3 is 0 Å². The Kier molecular flexibility index (Phi) is 5.39. The van der Waals surface area contributed by atoms with Gasteiger partial charge < -0.3 is 9.84 Å². The molecule has 3 rings (SSSR count). The van der Waals surface area contributed by atoms with Crippen molar-refractivity contribution in [3.63, 3.8) is 0 Å². The highest BCUT2D eigenvalue weighted by atomic mass is 32.2. The maximum absolute atomic E-state index is 12.9. The SMILES string of the molecule is Cc1noc(C)c1C(=O)Nc1ccc(S(=O)(=O)N2CC(C)CC(C)C2)cc1. The van der Waals surface area contributed by atoms with Crippen molar-refractivity contribution in [2.75, 3.05) is 18.4 Å². The van der Waals surface area contributed by atoms with Gasteiger partial charge in [0, 0.05) is 18.8 Å². The number of hydrogen-bond donors (Lipinski definition) is 1. The van der Waals surface area contributed by atoms with Crippen LogP contribution in [0, 0.1) is 25.7 Å². The van der Waals surface area contributed by atoms with E-state index < -0.39 is 10.0 Å². The molecule has 2 heterocycles. The Morgan fingerprint density at radius 2 is 1.74 bits per heavy atom. The molecule has 0 radical (unpaired) electrons. The average molecular weight is 391 g/mol. The van der Waals surface area contributed by atoms with Gasteiger partial charge in [0.25, 0.3) is 5.91 Å². The lowest BCUT2D eigenvalue weighted by molar-refractivity contribution is 0.102. The fourth-order valence-corrected chi connectivity index (χ4v) is 5.34. The highest BCUT2D eigenvalue weighted by molar-refractivity contribution is 7.89. The number of nitrogens with one attached hydrogen (secondary N) is 1. The van der Waals surface area contributed by atoms with Crippen molar-refractivity contribution in [1.29, 1.82) is 0 Å². The molecule has 27 heavy (non-hydrogen) atoms. The number of benzene rings is 1. The summed E-state index contributed by atoms with van der Waals surface area (Å²) >= 11 is 0. The third-order valence-electron chi connectivity index (χ3n) is 4.85. The molecule has 0 aliphatic carbocycles. The van der Waals surface area contributed by atoms with Crippen LogP contribution < -0.4 is 5.32 Å². The predicted molar refractivity (Wildman–Crippen MR) is 102 cm³/mol. The summed E-state index contributed by atoms with van der Waals surface area (Å²) in [5.41, 5.74) is 1.42. The van der Waals surface area contributed by atoms with Crippen LogP contribution >= 0.6 is 0 Å². The zero-order valence-electron chi connectivity index (χ0n) is 16.0. The Balaban J connectivity index is 1.76. The zero-order valence-corrected chi connectivity index (χ0v) is 16.8. The maximum Gasteiger partial charge on any atom is 0.261 e. The van der Waals surface area contributed by atoms with Crippen LogP contribution in [0.3, 0.4) is 0 Å². The first-order chi connectivity index (χ1) is 12.7. The van der Waals surface area contributed by atoms with Gasteiger partial charge in [0.2, 0.25) is 10.0 Å². The van der Waals surface area contributed by atoms with Crippen LogP contribution in [-0.4, -0.2) is 36.9 Å². The van der Waals surface area contributed by atoms with Gasteiger partial charge in [0.05, 0.1) is 10.6 Å². The smallest absolute Gasteiger partial charge is 0.261 e. The van der Waals surface area contributed by atoms with Crippen LogP contribution in [0.1, 0.15) is 42.1 Å². The third kappa shape index (κ3) is 4.06. The number of hydrogen-bond acceptors (Lipinski definition) is 5. The van der Waals surface area contributed by atoms with Crippen LogP contribution in [0.25, 0.3) is 0 Å². The molecule has 1 aromatic carbocycles. The fraction of sp³-hybridized carbons (Fsp3) is 0.474. The van der Waals surface area contributed by atoms with Crippen molar-refractivity contribution < 1.29 is 17.7 Å². The lowest BCUT2D eigenvalue weighted by atomic mass is 9.94. The molecule has 1 aliphatic heterocycles. The van der Waals surface area contributed by atoms with E-state index in [1.807, 2.05) is 0 Å². The summed E-state index contributed by atoms with van der Waals surface area (Å²) in [5.74, 6) is 0.798. The number of sulfonamides is 1. The highest BCUT2D eigenvalue weighted by Gasteiger charge is 2.31. The van der Waals surface area contributed by atoms with E-state index in [9.17, 15) is 13.2 Å². The minimum atomic E-state index is -3.53. The molecular weight excluding hydrogens is 366 g/mol. The fourth-order valence-electron chi connectivity index (χ4n) is 3.66. The minimum Gasteiger partial charge on any atom is -0.361 e. The number of piperidine rings is 1. The van der Waals surface area contributed by atoms with Gasteiger partial charge in [-0.05, 0) is 56.4 Å². The number of amides is 1. The molecule has 146 valence electrons. The summed E-state index contributed by atoms with van der Waals surface area (Å²) in [6.45, 7) is 8.60. The Labute approximate surface area is 159 Å². The number of aromatic nitrogens is 1. The first-order valence-corrected chi connectivity index (χ1v) is 10.5. The second-order valence-electron chi connectivity index (χ2n) is 7.45. The van der Waals surface area contributed by atoms with Gasteiger partial charge in [-0.2, -0.15) is 4.31 Å². The van der Waals surface area contributed by atoms with E-state index in [4.69, 9.17) is 4.52 Å². The number of carbonyl (C=O) groups excluding carboxylic acids is 1. The molecule has 1 saturated heterocycles. The van der Waals surface area contributed by atoms with Gasteiger partial charge in [-0.3, -0.25) is 4.79 Å². The first-order valence-electron chi connectivity index (χ1n) is 9.03. The van der Waals surface area contributed by atoms with Gasteiger partial charge in [-0.15, -0.1) is 0 Å². The molecular formula is C19H25N3O4S. The van der Waals surface area contributed by atoms with Crippen molar-refractivity contribution in [3.05, 3.63) is 41.3 Å². The molecule has 2 aromatic rings. The van der Waals surface area contributed by atoms with Crippen molar-refractivity contribution in [3.8, 4) is 0 Å². The molecule has 1 fully saturated rings. The van der Waals surface area contributed by atoms with Gasteiger partial charge in [0.1, 0.15) is 11.3 Å². The quantitative estimate of drug-likeness (QED) is 0.864. The van der Waals surface area contributed by atoms with Crippen LogP contribution in [0.4, 0.5) is 5.69 Å². The lowest BCUT2D eigenvalue weighted by Crippen LogP contribution is -2.42. The molecule has 1 aromatic heterocycles. The number of carbonyl (C=O) groups is 1. The van der Waals surface area contributed by atoms with Crippen LogP contribution in [0.5, 0.6) is 0 Å². The van der Waals surface area contributed by atoms with E-state index in [1.54, 1.807) is 30.3 Å². The lowest BCUT2D eigenvalue weighted by Gasteiger charge is -2.34. The number of anilines is 1. The Hall–Kier alpha value is -2.19. The molecule has 8 heteroatoms. The van der Waals surface area contributed by atoms with Crippen LogP contribution in [0.15, 0.2) is 33.7 Å². The van der Waals surface area contributed by atoms with Gasteiger partial charge in [-0.25, -0.2) is 8.42 Å². The van der Waals surface area contributed by atoms with E-state index in [0.717, 1.165) is 6.42 Å². The Morgan fingerprint density at radius 3 is 2.26 bits per heavy atom. The van der Waals surface area contributed by atoms with Crippen molar-refractivity contribution >= 4 is 21.6 Å². The van der Waals surface area contributed by atoms with Crippen LogP contribution in [-0.2, 0) is 10.0 Å². The van der Waals surface area contributed by atoms with Crippen molar-refractivity contribution in [2.45, 2.75) is 39.0 Å². The molecule has 2 atom stereocenters. The second kappa shape index (κ2) is 7.44. The van der Waals surface area contributed by atoms with E-state index >= 15 is 0 Å². The molecule has 0 saturated carbocycles. The third-order valence-corrected chi connectivity index (χ3v) is 6.69. The highest BCUT2D eigenvalue weighted by Crippen LogP contribution is 2.27. The van der Waals surface area contributed by atoms with E-state index in [1.165, 1.54) is 12.1 Å². The van der Waals surface area contributed by atoms with Gasteiger partial charge in [0.15, 0.2) is 0 Å². The predicted octanol–water partition coefficient (Wildman–Crippen LogP) is 3.21. The van der Waals surface area contributed by atoms with Crippen molar-refractivity contribution in [2.24, 2.45) is 11.8 Å². The van der Waals surface area contributed by atoms with E-state index in [2.05, 4.69) is 24.3 Å². The first kappa shape index (κ1) is 19.6. The minimum absolute atomic E-state index is 0.235. The topological polar surface area (TPSA) is 92.5 Å². The summed E-state index contributed by atoms with van der Waals surface area (Å²) in [6, 6.07) is 6.25. The monoisotopic (exact) mass is 391 g/mol. The summed E-state index contributed by atoms with van der Waals surface area (Å²) in [4.78, 5) is 12.6. The molecule has 7 nitrogen and oxygen atoms in total. The zero-order chi connectivity index (χ0) is 19.8. The second-order valence-corrected chi connectivity index (χ2v) is 9.38. The largest absolute Gasteiger partial charge is 0.361 e. The number of nitrogens with zero attached hydrogens (tertiary/aromatic N) is 2. The van der Waals surface area contributed by atoms with E-state index in [-0.39, 0.29) is 10.8 Å².